The van der Waals surface area contributed by atoms with E-state index < -0.39 is 73.9 Å². The maximum Gasteiger partial charge on any atom is 0.335 e. The molecule has 1 saturated heterocycles. The molecule has 1 fully saturated rings. The third kappa shape index (κ3) is 39.2. The third-order valence-corrected chi connectivity index (χ3v) is 10.8. The second-order valence-corrected chi connectivity index (χ2v) is 17.4. The molecule has 0 aromatic carbocycles. The van der Waals surface area contributed by atoms with Crippen LogP contribution in [0.4, 0.5) is 0 Å². The molecule has 414 valence electrons. The molecule has 0 amide bonds. The van der Waals surface area contributed by atoms with Gasteiger partial charge in [0.05, 0.1) is 6.61 Å². The molecule has 0 aromatic rings. The van der Waals surface area contributed by atoms with E-state index >= 15 is 0 Å². The highest BCUT2D eigenvalue weighted by atomic mass is 16.7. The van der Waals surface area contributed by atoms with Crippen molar-refractivity contribution in [2.45, 2.75) is 186 Å². The average Bonchev–Trinajstić information content (AvgIpc) is 3.39. The Kier molecular flexibility index (Phi) is 43.8. The Morgan fingerprint density at radius 2 is 0.747 bits per heavy atom. The molecule has 12 nitrogen and oxygen atoms in total. The monoisotopic (exact) mass is 1040 g/mol. The van der Waals surface area contributed by atoms with Gasteiger partial charge in [-0.1, -0.05) is 191 Å². The summed E-state index contributed by atoms with van der Waals surface area (Å²) in [6.07, 6.45) is 61.0. The molecule has 0 aliphatic carbocycles. The Hall–Kier alpha value is -5.92. The molecule has 0 aromatic heterocycles. The van der Waals surface area contributed by atoms with Crippen molar-refractivity contribution in [1.82, 2.24) is 0 Å². The van der Waals surface area contributed by atoms with Gasteiger partial charge < -0.3 is 39.0 Å². The first-order valence-electron chi connectivity index (χ1n) is 27.1. The fourth-order valence-electron chi connectivity index (χ4n) is 6.77. The molecule has 0 radical (unpaired) electrons. The normalized spacial score (nSPS) is 19.5. The van der Waals surface area contributed by atoms with Gasteiger partial charge in [-0.05, 0) is 109 Å². The number of carboxylic acid groups (broad SMARTS) is 1. The van der Waals surface area contributed by atoms with E-state index in [9.17, 15) is 34.5 Å². The number of carbonyl (C=O) groups excluding carboxylic acids is 3. The van der Waals surface area contributed by atoms with Gasteiger partial charge in [-0.2, -0.15) is 0 Å². The molecule has 1 rings (SSSR count). The molecule has 12 heteroatoms. The molecule has 3 N–H and O–H groups in total. The maximum atomic E-state index is 13.0. The van der Waals surface area contributed by atoms with Crippen LogP contribution in [0.15, 0.2) is 170 Å². The van der Waals surface area contributed by atoms with E-state index in [0.717, 1.165) is 70.6 Å². The Bertz CT molecular complexity index is 1950. The highest BCUT2D eigenvalue weighted by Gasteiger charge is 2.50. The standard InChI is InChI=1S/C63H90O12/c1-4-7-10-13-16-19-22-25-26-27-28-29-30-33-36-39-42-45-48-51-57(66)74-61-59(68)58(67)60(62(69)70)75-63(61)72-53-54(73-56(65)50-47-44-41-38-35-32-24-21-18-15-12-9-6-3)52-71-55(64)49-46-43-40-37-34-31-23-20-17-14-11-8-5-2/h7-12,16-21,25-26,28-29,31-36,40-45,54,58-61,63,67-68H,4-6,13-15,22-24,27,30,37-39,46-53H2,1-3H3,(H,69,70)/b10-7-,11-8-,12-9-,19-16-,20-17-,21-18-,26-25-,29-28-,34-31-,35-32-,36-33-,43-40-,44-41-,45-42-. The van der Waals surface area contributed by atoms with Crippen LogP contribution in [0.3, 0.4) is 0 Å². The van der Waals surface area contributed by atoms with Gasteiger partial charge in [-0.25, -0.2) is 4.79 Å². The van der Waals surface area contributed by atoms with Gasteiger partial charge in [0.2, 0.25) is 0 Å². The zero-order valence-corrected chi connectivity index (χ0v) is 45.2. The molecular weight excluding hydrogens is 949 g/mol. The number of esters is 3. The number of carbonyl (C=O) groups is 4. The predicted molar refractivity (Wildman–Crippen MR) is 302 cm³/mol. The maximum absolute atomic E-state index is 13.0. The van der Waals surface area contributed by atoms with Gasteiger partial charge in [0.25, 0.3) is 0 Å². The summed E-state index contributed by atoms with van der Waals surface area (Å²) in [5, 5.41) is 31.4. The number of hydrogen-bond acceptors (Lipinski definition) is 11. The van der Waals surface area contributed by atoms with Crippen LogP contribution in [-0.2, 0) is 42.9 Å². The summed E-state index contributed by atoms with van der Waals surface area (Å²) in [5.41, 5.74) is 0. The number of aliphatic hydroxyl groups is 2. The predicted octanol–water partition coefficient (Wildman–Crippen LogP) is 13.5. The van der Waals surface area contributed by atoms with Crippen molar-refractivity contribution in [1.29, 1.82) is 0 Å². The first-order chi connectivity index (χ1) is 36.6. The van der Waals surface area contributed by atoms with Gasteiger partial charge in [-0.15, -0.1) is 0 Å². The van der Waals surface area contributed by atoms with Crippen molar-refractivity contribution < 1.29 is 58.2 Å². The van der Waals surface area contributed by atoms with Crippen LogP contribution in [-0.4, -0.2) is 89.2 Å². The number of aliphatic hydroxyl groups excluding tert-OH is 2. The van der Waals surface area contributed by atoms with E-state index in [2.05, 4.69) is 142 Å². The van der Waals surface area contributed by atoms with E-state index in [-0.39, 0.29) is 19.3 Å². The summed E-state index contributed by atoms with van der Waals surface area (Å²) >= 11 is 0. The highest BCUT2D eigenvalue weighted by molar-refractivity contribution is 5.74. The second-order valence-electron chi connectivity index (χ2n) is 17.4. The molecule has 6 atom stereocenters. The molecule has 0 bridgehead atoms. The average molecular weight is 1040 g/mol. The van der Waals surface area contributed by atoms with E-state index in [1.165, 1.54) is 0 Å². The first-order valence-corrected chi connectivity index (χ1v) is 27.1. The largest absolute Gasteiger partial charge is 0.479 e. The number of carboxylic acids is 1. The lowest BCUT2D eigenvalue weighted by molar-refractivity contribution is -0.301. The van der Waals surface area contributed by atoms with Crippen molar-refractivity contribution in [2.75, 3.05) is 13.2 Å². The van der Waals surface area contributed by atoms with Crippen molar-refractivity contribution in [2.24, 2.45) is 0 Å². The molecule has 6 unspecified atom stereocenters. The SMILES string of the molecule is CC/C=C\C/C=C\C/C=C\C/C=C\C/C=C\C/C=C\CCC(=O)OC1C(OCC(COC(=O)CC/C=C\C/C=C\C/C=C\C/C=C\CC)OC(=O)CC/C=C\C/C=C\C/C=C\C/C=C\CC)OC(C(=O)O)C(O)C1O. The Labute approximate surface area is 449 Å². The number of aliphatic carboxylic acids is 1. The fourth-order valence-corrected chi connectivity index (χ4v) is 6.77. The zero-order chi connectivity index (χ0) is 54.7. The Morgan fingerprint density at radius 1 is 0.427 bits per heavy atom. The molecule has 1 aliphatic heterocycles. The summed E-state index contributed by atoms with van der Waals surface area (Å²) in [5.74, 6) is -3.49. The van der Waals surface area contributed by atoms with Crippen LogP contribution in [0.25, 0.3) is 0 Å². The summed E-state index contributed by atoms with van der Waals surface area (Å²) in [4.78, 5) is 50.8. The lowest BCUT2D eigenvalue weighted by atomic mass is 9.98. The fraction of sp³-hybridized carbons (Fsp3) is 0.492. The van der Waals surface area contributed by atoms with Crippen LogP contribution in [0.2, 0.25) is 0 Å². The Balaban J connectivity index is 2.84. The topological polar surface area (TPSA) is 175 Å². The van der Waals surface area contributed by atoms with Gasteiger partial charge in [0.15, 0.2) is 24.6 Å². The van der Waals surface area contributed by atoms with Crippen LogP contribution >= 0.6 is 0 Å². The van der Waals surface area contributed by atoms with Gasteiger partial charge in [0, 0.05) is 19.3 Å². The highest BCUT2D eigenvalue weighted by Crippen LogP contribution is 2.26. The van der Waals surface area contributed by atoms with Crippen LogP contribution in [0, 0.1) is 0 Å². The van der Waals surface area contributed by atoms with E-state index in [1.54, 1.807) is 0 Å². The molecular formula is C63H90O12. The van der Waals surface area contributed by atoms with Gasteiger partial charge in [-0.3, -0.25) is 14.4 Å². The minimum Gasteiger partial charge on any atom is -0.479 e. The van der Waals surface area contributed by atoms with Crippen LogP contribution in [0.5, 0.6) is 0 Å². The molecule has 1 heterocycles. The summed E-state index contributed by atoms with van der Waals surface area (Å²) in [6.45, 7) is 5.44. The zero-order valence-electron chi connectivity index (χ0n) is 45.2. The van der Waals surface area contributed by atoms with Gasteiger partial charge in [0.1, 0.15) is 18.8 Å². The number of rotatable bonds is 42. The summed E-state index contributed by atoms with van der Waals surface area (Å²) in [6, 6.07) is 0. The van der Waals surface area contributed by atoms with Crippen LogP contribution in [0.1, 0.15) is 149 Å². The van der Waals surface area contributed by atoms with Crippen molar-refractivity contribution >= 4 is 23.9 Å². The van der Waals surface area contributed by atoms with Crippen LogP contribution < -0.4 is 0 Å². The summed E-state index contributed by atoms with van der Waals surface area (Å²) < 4.78 is 28.0. The Morgan fingerprint density at radius 3 is 1.09 bits per heavy atom. The lowest BCUT2D eigenvalue weighted by Crippen LogP contribution is -2.61. The lowest BCUT2D eigenvalue weighted by Gasteiger charge is -2.40. The quantitative estimate of drug-likeness (QED) is 0.0300. The van der Waals surface area contributed by atoms with Crippen molar-refractivity contribution in [3.63, 3.8) is 0 Å². The van der Waals surface area contributed by atoms with E-state index in [1.807, 2.05) is 48.6 Å². The van der Waals surface area contributed by atoms with E-state index in [4.69, 9.17) is 23.7 Å². The minimum atomic E-state index is -1.96. The molecule has 0 saturated carbocycles. The molecule has 75 heavy (non-hydrogen) atoms. The number of ether oxygens (including phenoxy) is 5. The molecule has 1 aliphatic rings. The number of hydrogen-bond donors (Lipinski definition) is 3. The molecule has 0 spiro atoms. The third-order valence-electron chi connectivity index (χ3n) is 10.8. The minimum absolute atomic E-state index is 0.00737. The van der Waals surface area contributed by atoms with Crippen molar-refractivity contribution in [3.8, 4) is 0 Å². The van der Waals surface area contributed by atoms with Crippen molar-refractivity contribution in [3.05, 3.63) is 170 Å². The van der Waals surface area contributed by atoms with Gasteiger partial charge >= 0.3 is 23.9 Å². The van der Waals surface area contributed by atoms with E-state index in [0.29, 0.717) is 38.5 Å². The number of allylic oxidation sites excluding steroid dienone is 28. The second kappa shape index (κ2) is 49.0. The summed E-state index contributed by atoms with van der Waals surface area (Å²) in [7, 11) is 0. The smallest absolute Gasteiger partial charge is 0.335 e. The first kappa shape index (κ1) is 67.1.